The Morgan fingerprint density at radius 3 is 2.84 bits per heavy atom. The van der Waals surface area contributed by atoms with Crippen molar-refractivity contribution in [1.82, 2.24) is 14.4 Å². The first-order valence-electron chi connectivity index (χ1n) is 10.2. The first-order valence-corrected chi connectivity index (χ1v) is 11.9. The molecule has 1 fully saturated rings. The van der Waals surface area contributed by atoms with E-state index in [1.54, 1.807) is 11.1 Å². The molecule has 158 valence electrons. The summed E-state index contributed by atoms with van der Waals surface area (Å²) in [6, 6.07) is 13.9. The van der Waals surface area contributed by atoms with Gasteiger partial charge in [-0.05, 0) is 44.0 Å². The Labute approximate surface area is 192 Å². The SMILES string of the molecule is Cc1cccc2nc(C(=O)N(CC3CCCO3)c3nc(-c4ccc(Br)cc4)cs3)cn12. The van der Waals surface area contributed by atoms with Crippen LogP contribution in [0.25, 0.3) is 16.9 Å². The largest absolute Gasteiger partial charge is 0.376 e. The number of aryl methyl sites for hydroxylation is 1. The number of imidazole rings is 1. The molecular weight excluding hydrogens is 476 g/mol. The molecule has 1 atom stereocenters. The van der Waals surface area contributed by atoms with Gasteiger partial charge < -0.3 is 9.14 Å². The molecule has 1 aliphatic heterocycles. The lowest BCUT2D eigenvalue weighted by atomic mass is 10.2. The molecule has 1 aromatic carbocycles. The first kappa shape index (κ1) is 20.4. The predicted molar refractivity (Wildman–Crippen MR) is 126 cm³/mol. The number of fused-ring (bicyclic) bond motifs is 1. The van der Waals surface area contributed by atoms with Crippen LogP contribution < -0.4 is 4.90 Å². The van der Waals surface area contributed by atoms with Crippen molar-refractivity contribution < 1.29 is 9.53 Å². The maximum atomic E-state index is 13.6. The van der Waals surface area contributed by atoms with Crippen molar-refractivity contribution in [3.63, 3.8) is 0 Å². The number of halogens is 1. The fraction of sp³-hybridized carbons (Fsp3) is 0.261. The molecule has 1 amide bonds. The van der Waals surface area contributed by atoms with Crippen LogP contribution in [0.3, 0.4) is 0 Å². The van der Waals surface area contributed by atoms with Gasteiger partial charge in [0.1, 0.15) is 11.3 Å². The molecule has 4 heterocycles. The number of pyridine rings is 1. The second-order valence-corrected chi connectivity index (χ2v) is 9.35. The number of ether oxygens (including phenoxy) is 1. The minimum Gasteiger partial charge on any atom is -0.376 e. The predicted octanol–water partition coefficient (Wildman–Crippen LogP) is 5.35. The number of carbonyl (C=O) groups is 1. The summed E-state index contributed by atoms with van der Waals surface area (Å²) in [5, 5.41) is 2.65. The molecule has 5 rings (SSSR count). The number of hydrogen-bond acceptors (Lipinski definition) is 5. The van der Waals surface area contributed by atoms with Crippen LogP contribution in [-0.2, 0) is 4.74 Å². The van der Waals surface area contributed by atoms with Crippen LogP contribution in [0.5, 0.6) is 0 Å². The van der Waals surface area contributed by atoms with Crippen molar-refractivity contribution in [2.24, 2.45) is 0 Å². The topological polar surface area (TPSA) is 59.7 Å². The molecular formula is C23H21BrN4O2S. The molecule has 0 bridgehead atoms. The van der Waals surface area contributed by atoms with Crippen LogP contribution in [0.2, 0.25) is 0 Å². The van der Waals surface area contributed by atoms with Gasteiger partial charge in [-0.15, -0.1) is 11.3 Å². The molecule has 0 saturated carbocycles. The van der Waals surface area contributed by atoms with E-state index in [4.69, 9.17) is 9.72 Å². The molecule has 1 aliphatic rings. The molecule has 6 nitrogen and oxygen atoms in total. The van der Waals surface area contributed by atoms with Gasteiger partial charge in [0, 0.05) is 33.9 Å². The Morgan fingerprint density at radius 1 is 1.26 bits per heavy atom. The van der Waals surface area contributed by atoms with Crippen LogP contribution >= 0.6 is 27.3 Å². The van der Waals surface area contributed by atoms with Crippen LogP contribution in [0, 0.1) is 6.92 Å². The van der Waals surface area contributed by atoms with Gasteiger partial charge in [-0.2, -0.15) is 0 Å². The number of anilines is 1. The van der Waals surface area contributed by atoms with E-state index in [2.05, 4.69) is 20.9 Å². The van der Waals surface area contributed by atoms with E-state index in [-0.39, 0.29) is 12.0 Å². The summed E-state index contributed by atoms with van der Waals surface area (Å²) >= 11 is 4.93. The Morgan fingerprint density at radius 2 is 2.10 bits per heavy atom. The normalized spacial score (nSPS) is 16.1. The Kier molecular flexibility index (Phi) is 5.60. The molecule has 1 unspecified atom stereocenters. The zero-order chi connectivity index (χ0) is 21.4. The maximum Gasteiger partial charge on any atom is 0.280 e. The van der Waals surface area contributed by atoms with Crippen LogP contribution in [0.1, 0.15) is 29.0 Å². The first-order chi connectivity index (χ1) is 15.1. The highest BCUT2D eigenvalue weighted by atomic mass is 79.9. The van der Waals surface area contributed by atoms with Gasteiger partial charge in [0.2, 0.25) is 0 Å². The van der Waals surface area contributed by atoms with Crippen molar-refractivity contribution in [1.29, 1.82) is 0 Å². The summed E-state index contributed by atoms with van der Waals surface area (Å²) in [7, 11) is 0. The van der Waals surface area contributed by atoms with Crippen molar-refractivity contribution >= 4 is 44.0 Å². The number of aromatic nitrogens is 3. The van der Waals surface area contributed by atoms with Gasteiger partial charge in [-0.1, -0.05) is 34.1 Å². The number of thiazole rings is 1. The molecule has 0 radical (unpaired) electrons. The van der Waals surface area contributed by atoms with Gasteiger partial charge in [-0.25, -0.2) is 9.97 Å². The van der Waals surface area contributed by atoms with Gasteiger partial charge in [0.15, 0.2) is 5.13 Å². The molecule has 0 spiro atoms. The van der Waals surface area contributed by atoms with E-state index >= 15 is 0 Å². The quantitative estimate of drug-likeness (QED) is 0.373. The Bertz CT molecular complexity index is 1230. The van der Waals surface area contributed by atoms with E-state index in [0.717, 1.165) is 46.5 Å². The van der Waals surface area contributed by atoms with Crippen molar-refractivity contribution in [2.75, 3.05) is 18.1 Å². The van der Waals surface area contributed by atoms with E-state index < -0.39 is 0 Å². The third kappa shape index (κ3) is 4.15. The standard InChI is InChI=1S/C23H21BrN4O2S/c1-15-4-2-6-21-25-19(13-27(15)21)22(29)28(12-18-5-3-11-30-18)23-26-20(14-31-23)16-7-9-17(24)10-8-16/h2,4,6-10,13-14,18H,3,5,11-12H2,1H3. The lowest BCUT2D eigenvalue weighted by Crippen LogP contribution is -2.37. The van der Waals surface area contributed by atoms with E-state index in [1.807, 2.05) is 59.2 Å². The van der Waals surface area contributed by atoms with Gasteiger partial charge in [0.05, 0.1) is 18.3 Å². The fourth-order valence-electron chi connectivity index (χ4n) is 3.77. The van der Waals surface area contributed by atoms with Crippen molar-refractivity contribution in [2.45, 2.75) is 25.9 Å². The second-order valence-electron chi connectivity index (χ2n) is 7.59. The summed E-state index contributed by atoms with van der Waals surface area (Å²) in [6.07, 6.45) is 3.78. The number of rotatable bonds is 5. The molecule has 31 heavy (non-hydrogen) atoms. The van der Waals surface area contributed by atoms with Crippen LogP contribution in [0.15, 0.2) is 58.5 Å². The summed E-state index contributed by atoms with van der Waals surface area (Å²) in [5.74, 6) is -0.157. The number of hydrogen-bond donors (Lipinski definition) is 0. The van der Waals surface area contributed by atoms with E-state index in [9.17, 15) is 4.79 Å². The third-order valence-corrected chi connectivity index (χ3v) is 6.83. The average Bonchev–Trinajstić information content (AvgIpc) is 3.52. The molecule has 3 aromatic heterocycles. The third-order valence-electron chi connectivity index (χ3n) is 5.43. The number of carbonyl (C=O) groups excluding carboxylic acids is 1. The summed E-state index contributed by atoms with van der Waals surface area (Å²) in [6.45, 7) is 3.21. The highest BCUT2D eigenvalue weighted by Crippen LogP contribution is 2.30. The van der Waals surface area contributed by atoms with Crippen molar-refractivity contribution in [3.05, 3.63) is 69.9 Å². The number of amides is 1. The summed E-state index contributed by atoms with van der Waals surface area (Å²) in [5.41, 5.74) is 4.06. The number of nitrogens with zero attached hydrogens (tertiary/aromatic N) is 4. The van der Waals surface area contributed by atoms with E-state index in [1.165, 1.54) is 11.3 Å². The zero-order valence-electron chi connectivity index (χ0n) is 17.0. The molecule has 4 aromatic rings. The monoisotopic (exact) mass is 496 g/mol. The molecule has 8 heteroatoms. The lowest BCUT2D eigenvalue weighted by Gasteiger charge is -2.22. The molecule has 0 aliphatic carbocycles. The minimum absolute atomic E-state index is 0.0164. The molecule has 0 N–H and O–H groups in total. The summed E-state index contributed by atoms with van der Waals surface area (Å²) in [4.78, 5) is 24.6. The minimum atomic E-state index is -0.157. The van der Waals surface area contributed by atoms with Gasteiger partial charge >= 0.3 is 0 Å². The average molecular weight is 497 g/mol. The maximum absolute atomic E-state index is 13.6. The Balaban J connectivity index is 1.49. The smallest absolute Gasteiger partial charge is 0.280 e. The van der Waals surface area contributed by atoms with E-state index in [0.29, 0.717) is 17.4 Å². The highest BCUT2D eigenvalue weighted by Gasteiger charge is 2.28. The van der Waals surface area contributed by atoms with Crippen molar-refractivity contribution in [3.8, 4) is 11.3 Å². The van der Waals surface area contributed by atoms with Crippen LogP contribution in [0.4, 0.5) is 5.13 Å². The molecule has 1 saturated heterocycles. The lowest BCUT2D eigenvalue weighted by molar-refractivity contribution is 0.0914. The van der Waals surface area contributed by atoms with Gasteiger partial charge in [-0.3, -0.25) is 9.69 Å². The fourth-order valence-corrected chi connectivity index (χ4v) is 4.88. The van der Waals surface area contributed by atoms with Gasteiger partial charge in [0.25, 0.3) is 5.91 Å². The second kappa shape index (κ2) is 8.53. The zero-order valence-corrected chi connectivity index (χ0v) is 19.4. The van der Waals surface area contributed by atoms with Crippen LogP contribution in [-0.4, -0.2) is 39.5 Å². The summed E-state index contributed by atoms with van der Waals surface area (Å²) < 4.78 is 8.78. The Hall–Kier alpha value is -2.55. The highest BCUT2D eigenvalue weighted by molar-refractivity contribution is 9.10. The number of benzene rings is 1.